The summed E-state index contributed by atoms with van der Waals surface area (Å²) >= 11 is 4.07. The lowest BCUT2D eigenvalue weighted by molar-refractivity contribution is -0.187. The Hall–Kier alpha value is -0.950. The van der Waals surface area contributed by atoms with Gasteiger partial charge in [-0.15, -0.1) is 0 Å². The molecule has 0 amide bonds. The van der Waals surface area contributed by atoms with Gasteiger partial charge in [0.2, 0.25) is 0 Å². The number of carbonyl (C=O) groups excluding carboxylic acids is 2. The molecular formula is C18H16F4I2O8S. The zero-order valence-corrected chi connectivity index (χ0v) is 21.6. The predicted molar refractivity (Wildman–Crippen MR) is 120 cm³/mol. The minimum Gasteiger partial charge on any atom is -0.465 e. The van der Waals surface area contributed by atoms with Crippen molar-refractivity contribution in [3.8, 4) is 5.75 Å². The van der Waals surface area contributed by atoms with E-state index < -0.39 is 58.0 Å². The summed E-state index contributed by atoms with van der Waals surface area (Å²) in [7, 11) is -6.36. The maximum atomic E-state index is 13.5. The van der Waals surface area contributed by atoms with Gasteiger partial charge in [0, 0.05) is 20.0 Å². The average Bonchev–Trinajstić information content (AvgIpc) is 2.70. The Bertz CT molecular complexity index is 1070. The van der Waals surface area contributed by atoms with E-state index >= 15 is 0 Å². The fraction of sp³-hybridized carbons (Fsp3) is 0.556. The van der Waals surface area contributed by atoms with Crippen LogP contribution in [0.2, 0.25) is 0 Å². The number of hydrogen-bond donors (Lipinski definition) is 1. The largest absolute Gasteiger partial charge is 0.465 e. The van der Waals surface area contributed by atoms with Crippen molar-refractivity contribution in [2.24, 2.45) is 5.92 Å². The first-order chi connectivity index (χ1) is 15.1. The van der Waals surface area contributed by atoms with E-state index in [-0.39, 0.29) is 25.7 Å². The molecule has 0 radical (unpaired) electrons. The van der Waals surface area contributed by atoms with E-state index in [4.69, 9.17) is 14.0 Å². The van der Waals surface area contributed by atoms with Crippen LogP contribution < -0.4 is 4.74 Å². The Labute approximate surface area is 212 Å². The molecule has 2 aliphatic rings. The molecule has 8 nitrogen and oxygen atoms in total. The molecule has 184 valence electrons. The fourth-order valence-corrected chi connectivity index (χ4v) is 5.07. The van der Waals surface area contributed by atoms with E-state index in [2.05, 4.69) is 27.3 Å². The van der Waals surface area contributed by atoms with Gasteiger partial charge in [0.25, 0.3) is 5.79 Å². The number of alkyl halides is 4. The molecule has 1 fully saturated rings. The Balaban J connectivity index is 1.56. The lowest BCUT2D eigenvalue weighted by atomic mass is 9.84. The minimum absolute atomic E-state index is 0.109. The zero-order valence-electron chi connectivity index (χ0n) is 16.5. The Morgan fingerprint density at radius 2 is 1.79 bits per heavy atom. The number of esters is 2. The molecule has 0 atom stereocenters. The normalized spacial score (nSPS) is 23.5. The van der Waals surface area contributed by atoms with Gasteiger partial charge in [0.1, 0.15) is 11.3 Å². The lowest BCUT2D eigenvalue weighted by Crippen LogP contribution is -2.48. The van der Waals surface area contributed by atoms with Gasteiger partial charge in [-0.1, -0.05) is 0 Å². The highest BCUT2D eigenvalue weighted by atomic mass is 127. The van der Waals surface area contributed by atoms with Gasteiger partial charge in [-0.05, 0) is 70.2 Å². The molecule has 0 aromatic heterocycles. The van der Waals surface area contributed by atoms with Gasteiger partial charge in [-0.2, -0.15) is 26.0 Å². The van der Waals surface area contributed by atoms with E-state index in [1.165, 1.54) is 0 Å². The number of ether oxygens (including phenoxy) is 3. The molecule has 0 bridgehead atoms. The van der Waals surface area contributed by atoms with Crippen molar-refractivity contribution >= 4 is 67.2 Å². The third-order valence-corrected chi connectivity index (χ3v) is 9.32. The first-order valence-corrected chi connectivity index (χ1v) is 13.0. The quantitative estimate of drug-likeness (QED) is 0.199. The second-order valence-corrected chi connectivity index (χ2v) is 11.2. The molecule has 1 saturated carbocycles. The fourth-order valence-electron chi connectivity index (χ4n) is 3.48. The molecule has 33 heavy (non-hydrogen) atoms. The molecule has 1 N–H and O–H groups in total. The van der Waals surface area contributed by atoms with Crippen LogP contribution in [0.3, 0.4) is 0 Å². The van der Waals surface area contributed by atoms with Gasteiger partial charge >= 0.3 is 33.2 Å². The van der Waals surface area contributed by atoms with E-state index in [1.807, 2.05) is 22.6 Å². The van der Waals surface area contributed by atoms with Gasteiger partial charge in [0.15, 0.2) is 0 Å². The molecule has 0 unspecified atom stereocenters. The van der Waals surface area contributed by atoms with Gasteiger partial charge in [-0.3, -0.25) is 9.35 Å². The van der Waals surface area contributed by atoms with Crippen LogP contribution >= 0.6 is 45.2 Å². The van der Waals surface area contributed by atoms with Crippen LogP contribution in [-0.2, 0) is 24.4 Å². The summed E-state index contributed by atoms with van der Waals surface area (Å²) in [6.45, 7) is -1.19. The van der Waals surface area contributed by atoms with Crippen molar-refractivity contribution < 1.29 is 54.3 Å². The van der Waals surface area contributed by atoms with Gasteiger partial charge < -0.3 is 14.2 Å². The molecule has 1 aliphatic heterocycles. The maximum absolute atomic E-state index is 13.5. The summed E-state index contributed by atoms with van der Waals surface area (Å²) in [6.07, 6.45) is -1.37. The van der Waals surface area contributed by atoms with Crippen LogP contribution in [0.1, 0.15) is 42.5 Å². The lowest BCUT2D eigenvalue weighted by Gasteiger charge is -2.41. The van der Waals surface area contributed by atoms with Crippen molar-refractivity contribution in [1.29, 1.82) is 0 Å². The third-order valence-electron chi connectivity index (χ3n) is 5.33. The monoisotopic (exact) mass is 722 g/mol. The standard InChI is InChI=1S/C18H16F4I2O8S/c19-17(20,18(21,22)33(27,28)29)7-8-30-14(25)9-3-5-16(6-4-9)31-11-2-1-10(23)13(24)12(11)15(26)32-16/h1-2,9H,3-8H2,(H,27,28,29). The van der Waals surface area contributed by atoms with E-state index in [9.17, 15) is 35.6 Å². The smallest absolute Gasteiger partial charge is 0.431 e. The second-order valence-electron chi connectivity index (χ2n) is 7.52. The topological polar surface area (TPSA) is 116 Å². The van der Waals surface area contributed by atoms with Gasteiger partial charge in [0.05, 0.1) is 18.9 Å². The zero-order chi connectivity index (χ0) is 24.8. The highest BCUT2D eigenvalue weighted by Gasteiger charge is 2.65. The highest BCUT2D eigenvalue weighted by molar-refractivity contribution is 14.1. The molecule has 1 aliphatic carbocycles. The number of benzene rings is 1. The third kappa shape index (κ3) is 5.19. The summed E-state index contributed by atoms with van der Waals surface area (Å²) in [4.78, 5) is 24.7. The van der Waals surface area contributed by atoms with E-state index in [0.29, 0.717) is 14.9 Å². The molecule has 0 saturated heterocycles. The minimum atomic E-state index is -6.36. The Morgan fingerprint density at radius 1 is 1.18 bits per heavy atom. The number of carbonyl (C=O) groups is 2. The molecule has 3 rings (SSSR count). The second kappa shape index (κ2) is 9.25. The van der Waals surface area contributed by atoms with Crippen LogP contribution in [0.5, 0.6) is 5.75 Å². The van der Waals surface area contributed by atoms with Crippen LogP contribution in [0.15, 0.2) is 12.1 Å². The SMILES string of the molecule is O=C1OC2(CCC(C(=O)OCCC(F)(F)C(F)(F)S(=O)(=O)O)CC2)Oc2ccc(I)c(I)c21. The highest BCUT2D eigenvalue weighted by Crippen LogP contribution is 2.44. The van der Waals surface area contributed by atoms with Crippen LogP contribution in [0.4, 0.5) is 17.6 Å². The first kappa shape index (κ1) is 26.7. The molecular weight excluding hydrogens is 706 g/mol. The summed E-state index contributed by atoms with van der Waals surface area (Å²) in [6, 6.07) is 3.42. The molecule has 1 spiro atoms. The van der Waals surface area contributed by atoms with Crippen molar-refractivity contribution in [1.82, 2.24) is 0 Å². The maximum Gasteiger partial charge on any atom is 0.431 e. The average molecular weight is 722 g/mol. The number of rotatable bonds is 6. The Morgan fingerprint density at radius 3 is 2.36 bits per heavy atom. The van der Waals surface area contributed by atoms with Crippen molar-refractivity contribution in [2.75, 3.05) is 6.61 Å². The summed E-state index contributed by atoms with van der Waals surface area (Å²) in [5, 5.41) is -5.72. The van der Waals surface area contributed by atoms with Crippen LogP contribution in [-0.4, -0.2) is 48.5 Å². The van der Waals surface area contributed by atoms with Crippen molar-refractivity contribution in [2.45, 2.75) is 49.1 Å². The first-order valence-electron chi connectivity index (χ1n) is 9.40. The van der Waals surface area contributed by atoms with E-state index in [0.717, 1.165) is 3.57 Å². The molecule has 1 aromatic carbocycles. The molecule has 15 heteroatoms. The summed E-state index contributed by atoms with van der Waals surface area (Å²) < 4.78 is 100. The molecule has 1 heterocycles. The Kier molecular flexibility index (Phi) is 7.47. The van der Waals surface area contributed by atoms with Gasteiger partial charge in [-0.25, -0.2) is 4.79 Å². The van der Waals surface area contributed by atoms with Crippen LogP contribution in [0, 0.1) is 13.1 Å². The number of hydrogen-bond acceptors (Lipinski definition) is 7. The number of halogens is 6. The summed E-state index contributed by atoms with van der Waals surface area (Å²) in [5.74, 6) is -8.39. The molecule has 1 aromatic rings. The van der Waals surface area contributed by atoms with E-state index in [1.54, 1.807) is 12.1 Å². The number of fused-ring (bicyclic) bond motifs is 1. The predicted octanol–water partition coefficient (Wildman–Crippen LogP) is 4.38. The van der Waals surface area contributed by atoms with Crippen molar-refractivity contribution in [3.05, 3.63) is 24.8 Å². The van der Waals surface area contributed by atoms with Crippen molar-refractivity contribution in [3.63, 3.8) is 0 Å². The van der Waals surface area contributed by atoms with Crippen LogP contribution in [0.25, 0.3) is 0 Å². The summed E-state index contributed by atoms with van der Waals surface area (Å²) in [5.41, 5.74) is 0.303.